The molecule has 0 unspecified atom stereocenters. The van der Waals surface area contributed by atoms with Crippen molar-refractivity contribution < 1.29 is 24.2 Å². The second-order valence-electron chi connectivity index (χ2n) is 6.55. The van der Waals surface area contributed by atoms with E-state index in [1.165, 1.54) is 0 Å². The summed E-state index contributed by atoms with van der Waals surface area (Å²) in [5.74, 6) is -1.00. The van der Waals surface area contributed by atoms with E-state index < -0.39 is 24.0 Å². The van der Waals surface area contributed by atoms with E-state index in [9.17, 15) is 19.8 Å². The van der Waals surface area contributed by atoms with Crippen molar-refractivity contribution >= 4 is 23.5 Å². The Morgan fingerprint density at radius 3 is 2.19 bits per heavy atom. The Kier molecular flexibility index (Phi) is 6.83. The topological polar surface area (TPSA) is 99.8 Å². The lowest BCUT2D eigenvalue weighted by atomic mass is 10.0. The zero-order chi connectivity index (χ0) is 19.3. The van der Waals surface area contributed by atoms with Crippen LogP contribution in [0.15, 0.2) is 40.8 Å². The van der Waals surface area contributed by atoms with Gasteiger partial charge >= 0.3 is 11.9 Å². The molecule has 1 aromatic heterocycles. The number of hydrogen-bond acceptors (Lipinski definition) is 4. The highest BCUT2D eigenvalue weighted by Crippen LogP contribution is 2.24. The van der Waals surface area contributed by atoms with Crippen molar-refractivity contribution in [3.05, 3.63) is 47.2 Å². The molecule has 0 saturated heterocycles. The van der Waals surface area contributed by atoms with Gasteiger partial charge in [-0.15, -0.1) is 0 Å². The van der Waals surface area contributed by atoms with Gasteiger partial charge in [0.2, 0.25) is 0 Å². The van der Waals surface area contributed by atoms with Gasteiger partial charge in [0.15, 0.2) is 0 Å². The first-order valence-electron chi connectivity index (χ1n) is 8.32. The fourth-order valence-electron chi connectivity index (χ4n) is 2.63. The van der Waals surface area contributed by atoms with Gasteiger partial charge in [-0.2, -0.15) is 0 Å². The summed E-state index contributed by atoms with van der Waals surface area (Å²) in [6.07, 6.45) is 0.387. The van der Waals surface area contributed by atoms with E-state index in [0.29, 0.717) is 23.0 Å². The molecule has 0 aliphatic carbocycles. The molecule has 1 aromatic carbocycles. The fourth-order valence-corrected chi connectivity index (χ4v) is 2.76. The van der Waals surface area contributed by atoms with Crippen LogP contribution in [0, 0.1) is 5.92 Å². The largest absolute Gasteiger partial charge is 0.480 e. The van der Waals surface area contributed by atoms with Gasteiger partial charge < -0.3 is 14.6 Å². The van der Waals surface area contributed by atoms with E-state index >= 15 is 0 Å². The molecule has 2 aromatic rings. The molecule has 7 heteroatoms. The van der Waals surface area contributed by atoms with Gasteiger partial charge in [-0.3, -0.25) is 14.9 Å². The number of furan rings is 1. The molecule has 0 fully saturated rings. The SMILES string of the molecule is CC(C)C[C@H](N[C@@H](Cc1ccc(-c2ccc(Cl)cc2)o1)C(=O)O)C(=O)O. The molecule has 0 aliphatic rings. The summed E-state index contributed by atoms with van der Waals surface area (Å²) >= 11 is 5.87. The standard InChI is InChI=1S/C19H22ClNO5/c1-11(2)9-15(18(22)23)21-16(19(24)25)10-14-7-8-17(26-14)12-3-5-13(20)6-4-12/h3-8,11,15-16,21H,9-10H2,1-2H3,(H,22,23)(H,24,25)/t15-,16-/m0/s1. The van der Waals surface area contributed by atoms with Crippen LogP contribution in [0.5, 0.6) is 0 Å². The molecule has 6 nitrogen and oxygen atoms in total. The van der Waals surface area contributed by atoms with Crippen LogP contribution in [-0.4, -0.2) is 34.2 Å². The number of carboxylic acids is 2. The third-order valence-corrected chi connectivity index (χ3v) is 4.15. The first-order valence-corrected chi connectivity index (χ1v) is 8.70. The van der Waals surface area contributed by atoms with Crippen LogP contribution in [0.25, 0.3) is 11.3 Å². The Hall–Kier alpha value is -2.31. The normalized spacial score (nSPS) is 13.5. The highest BCUT2D eigenvalue weighted by atomic mass is 35.5. The lowest BCUT2D eigenvalue weighted by Gasteiger charge is -2.21. The van der Waals surface area contributed by atoms with Crippen LogP contribution in [-0.2, 0) is 16.0 Å². The van der Waals surface area contributed by atoms with Crippen molar-refractivity contribution in [2.24, 2.45) is 5.92 Å². The monoisotopic (exact) mass is 379 g/mol. The molecular weight excluding hydrogens is 358 g/mol. The van der Waals surface area contributed by atoms with Gasteiger partial charge in [-0.25, -0.2) is 0 Å². The summed E-state index contributed by atoms with van der Waals surface area (Å²) in [6.45, 7) is 3.77. The molecule has 0 amide bonds. The Labute approximate surface area is 156 Å². The maximum Gasteiger partial charge on any atom is 0.321 e. The summed E-state index contributed by atoms with van der Waals surface area (Å²) in [4.78, 5) is 22.9. The minimum absolute atomic E-state index is 0.0464. The molecular formula is C19H22ClNO5. The zero-order valence-electron chi connectivity index (χ0n) is 14.6. The Morgan fingerprint density at radius 1 is 1.04 bits per heavy atom. The number of halogens is 1. The summed E-state index contributed by atoms with van der Waals surface area (Å²) in [6, 6.07) is 8.55. The Bertz CT molecular complexity index is 754. The van der Waals surface area contributed by atoms with Gasteiger partial charge in [-0.1, -0.05) is 25.4 Å². The molecule has 0 saturated carbocycles. The molecule has 0 bridgehead atoms. The number of carbonyl (C=O) groups is 2. The van der Waals surface area contributed by atoms with Gasteiger partial charge in [-0.05, 0) is 48.7 Å². The minimum atomic E-state index is -1.12. The van der Waals surface area contributed by atoms with Crippen LogP contribution in [0.1, 0.15) is 26.0 Å². The summed E-state index contributed by atoms with van der Waals surface area (Å²) in [5, 5.41) is 22.1. The highest BCUT2D eigenvalue weighted by molar-refractivity contribution is 6.30. The predicted octanol–water partition coefficient (Wildman–Crippen LogP) is 3.68. The number of rotatable bonds is 9. The maximum atomic E-state index is 11.6. The summed E-state index contributed by atoms with van der Waals surface area (Å²) in [7, 11) is 0. The van der Waals surface area contributed by atoms with Crippen molar-refractivity contribution in [2.75, 3.05) is 0 Å². The zero-order valence-corrected chi connectivity index (χ0v) is 15.4. The van der Waals surface area contributed by atoms with Crippen LogP contribution in [0.3, 0.4) is 0 Å². The lowest BCUT2D eigenvalue weighted by molar-refractivity contribution is -0.143. The van der Waals surface area contributed by atoms with E-state index in [1.54, 1.807) is 36.4 Å². The van der Waals surface area contributed by atoms with E-state index in [1.807, 2.05) is 13.8 Å². The second kappa shape index (κ2) is 8.87. The van der Waals surface area contributed by atoms with Crippen molar-refractivity contribution in [3.8, 4) is 11.3 Å². The van der Waals surface area contributed by atoms with Crippen molar-refractivity contribution in [2.45, 2.75) is 38.8 Å². The second-order valence-corrected chi connectivity index (χ2v) is 6.99. The van der Waals surface area contributed by atoms with Crippen LogP contribution in [0.4, 0.5) is 0 Å². The predicted molar refractivity (Wildman–Crippen MR) is 98.3 cm³/mol. The van der Waals surface area contributed by atoms with E-state index in [4.69, 9.17) is 16.0 Å². The molecule has 2 atom stereocenters. The minimum Gasteiger partial charge on any atom is -0.480 e. The van der Waals surface area contributed by atoms with Gasteiger partial charge in [0.05, 0.1) is 0 Å². The third kappa shape index (κ3) is 5.61. The summed E-state index contributed by atoms with van der Waals surface area (Å²) in [5.41, 5.74) is 0.823. The third-order valence-electron chi connectivity index (χ3n) is 3.90. The number of hydrogen-bond donors (Lipinski definition) is 3. The number of carboxylic acid groups (broad SMARTS) is 2. The molecule has 3 N–H and O–H groups in total. The molecule has 0 aliphatic heterocycles. The van der Waals surface area contributed by atoms with Crippen LogP contribution in [0.2, 0.25) is 5.02 Å². The average Bonchev–Trinajstić information content (AvgIpc) is 3.02. The Morgan fingerprint density at radius 2 is 1.65 bits per heavy atom. The number of aliphatic carboxylic acids is 2. The highest BCUT2D eigenvalue weighted by Gasteiger charge is 2.27. The van der Waals surface area contributed by atoms with E-state index in [0.717, 1.165) is 5.56 Å². The molecule has 2 rings (SSSR count). The first-order chi connectivity index (χ1) is 12.3. The molecule has 0 spiro atoms. The van der Waals surface area contributed by atoms with E-state index in [-0.39, 0.29) is 12.3 Å². The van der Waals surface area contributed by atoms with Gasteiger partial charge in [0, 0.05) is 17.0 Å². The average molecular weight is 380 g/mol. The number of benzene rings is 1. The molecule has 1 heterocycles. The molecule has 140 valence electrons. The smallest absolute Gasteiger partial charge is 0.321 e. The van der Waals surface area contributed by atoms with Gasteiger partial charge in [0.25, 0.3) is 0 Å². The van der Waals surface area contributed by atoms with Crippen LogP contribution < -0.4 is 5.32 Å². The van der Waals surface area contributed by atoms with Crippen molar-refractivity contribution in [1.29, 1.82) is 0 Å². The Balaban J connectivity index is 2.11. The van der Waals surface area contributed by atoms with E-state index in [2.05, 4.69) is 5.32 Å². The van der Waals surface area contributed by atoms with Gasteiger partial charge in [0.1, 0.15) is 23.6 Å². The van der Waals surface area contributed by atoms with Crippen molar-refractivity contribution in [3.63, 3.8) is 0 Å². The van der Waals surface area contributed by atoms with Crippen molar-refractivity contribution in [1.82, 2.24) is 5.32 Å². The van der Waals surface area contributed by atoms with Crippen LogP contribution >= 0.6 is 11.6 Å². The maximum absolute atomic E-state index is 11.6. The molecule has 0 radical (unpaired) electrons. The summed E-state index contributed by atoms with van der Waals surface area (Å²) < 4.78 is 5.72. The fraction of sp³-hybridized carbons (Fsp3) is 0.368. The quantitative estimate of drug-likeness (QED) is 0.614. The number of nitrogens with one attached hydrogen (secondary N) is 1. The first kappa shape index (κ1) is 20.0. The lowest BCUT2D eigenvalue weighted by Crippen LogP contribution is -2.48. The molecule has 26 heavy (non-hydrogen) atoms.